The minimum absolute atomic E-state index is 0.169. The number of carbonyl (C=O) groups excluding carboxylic acids is 1. The Morgan fingerprint density at radius 2 is 1.79 bits per heavy atom. The molecular weight excluding hydrogens is 378 g/mol. The van der Waals surface area contributed by atoms with Crippen molar-refractivity contribution < 1.29 is 14.7 Å². The molecule has 1 amide bonds. The number of benzene rings is 1. The fourth-order valence-electron chi connectivity index (χ4n) is 1.62. The molecule has 0 aliphatic rings. The van der Waals surface area contributed by atoms with Crippen molar-refractivity contribution in [3.63, 3.8) is 0 Å². The van der Waals surface area contributed by atoms with Crippen LogP contribution in [0.4, 0.5) is 0 Å². The zero-order valence-electron chi connectivity index (χ0n) is 10.7. The summed E-state index contributed by atoms with van der Waals surface area (Å²) < 4.78 is 1.60. The lowest BCUT2D eigenvalue weighted by atomic mass is 10.1. The quantitative estimate of drug-likeness (QED) is 0.835. The summed E-state index contributed by atoms with van der Waals surface area (Å²) in [4.78, 5) is 24.7. The van der Waals surface area contributed by atoms with Crippen molar-refractivity contribution >= 4 is 43.7 Å². The van der Waals surface area contributed by atoms with E-state index in [4.69, 9.17) is 5.11 Å². The Balaban J connectivity index is 2.92. The third-order valence-corrected chi connectivity index (χ3v) is 3.61. The van der Waals surface area contributed by atoms with Gasteiger partial charge < -0.3 is 10.0 Å². The minimum Gasteiger partial charge on any atom is -0.481 e. The van der Waals surface area contributed by atoms with Crippen LogP contribution in [0.3, 0.4) is 0 Å². The van der Waals surface area contributed by atoms with Gasteiger partial charge in [-0.25, -0.2) is 0 Å². The number of rotatable bonds is 5. The van der Waals surface area contributed by atoms with Crippen LogP contribution >= 0.6 is 31.9 Å². The highest BCUT2D eigenvalue weighted by Crippen LogP contribution is 2.21. The van der Waals surface area contributed by atoms with Crippen LogP contribution in [0.1, 0.15) is 24.2 Å². The van der Waals surface area contributed by atoms with Gasteiger partial charge in [0.25, 0.3) is 5.91 Å². The zero-order chi connectivity index (χ0) is 14.6. The lowest BCUT2D eigenvalue weighted by Gasteiger charge is -2.23. The van der Waals surface area contributed by atoms with E-state index in [1.165, 1.54) is 4.90 Å². The van der Waals surface area contributed by atoms with Gasteiger partial charge in [-0.3, -0.25) is 9.59 Å². The summed E-state index contributed by atoms with van der Waals surface area (Å²) in [5, 5.41) is 8.91. The Labute approximate surface area is 129 Å². The van der Waals surface area contributed by atoms with Crippen molar-refractivity contribution in [2.24, 2.45) is 5.92 Å². The largest absolute Gasteiger partial charge is 0.481 e. The number of hydrogen-bond donors (Lipinski definition) is 1. The maximum atomic E-state index is 12.3. The fraction of sp³-hybridized carbons (Fsp3) is 0.385. The summed E-state index contributed by atoms with van der Waals surface area (Å²) in [6.07, 6.45) is 0. The van der Waals surface area contributed by atoms with Gasteiger partial charge in [0.1, 0.15) is 0 Å². The molecule has 1 unspecified atom stereocenters. The monoisotopic (exact) mass is 391 g/mol. The van der Waals surface area contributed by atoms with Crippen molar-refractivity contribution in [2.45, 2.75) is 13.8 Å². The molecule has 0 fully saturated rings. The van der Waals surface area contributed by atoms with Gasteiger partial charge in [-0.15, -0.1) is 0 Å². The molecule has 0 aliphatic carbocycles. The van der Waals surface area contributed by atoms with E-state index >= 15 is 0 Å². The van der Waals surface area contributed by atoms with Crippen LogP contribution in [0.15, 0.2) is 27.1 Å². The van der Waals surface area contributed by atoms with E-state index in [9.17, 15) is 9.59 Å². The summed E-state index contributed by atoms with van der Waals surface area (Å²) in [6.45, 7) is 4.10. The highest BCUT2D eigenvalue weighted by atomic mass is 79.9. The first-order chi connectivity index (χ1) is 8.85. The van der Waals surface area contributed by atoms with Gasteiger partial charge in [0.15, 0.2) is 0 Å². The lowest BCUT2D eigenvalue weighted by molar-refractivity contribution is -0.141. The Bertz CT molecular complexity index is 471. The second-order valence-corrected chi connectivity index (χ2v) is 6.07. The molecule has 0 saturated heterocycles. The van der Waals surface area contributed by atoms with Gasteiger partial charge in [-0.05, 0) is 25.1 Å². The first kappa shape index (κ1) is 16.2. The van der Waals surface area contributed by atoms with Crippen LogP contribution in [0.2, 0.25) is 0 Å². The van der Waals surface area contributed by atoms with Gasteiger partial charge in [-0.2, -0.15) is 0 Å². The number of halogens is 2. The fourth-order valence-corrected chi connectivity index (χ4v) is 2.92. The topological polar surface area (TPSA) is 57.6 Å². The first-order valence-electron chi connectivity index (χ1n) is 5.83. The van der Waals surface area contributed by atoms with Crippen molar-refractivity contribution in [3.05, 3.63) is 32.7 Å². The van der Waals surface area contributed by atoms with Crippen LogP contribution in [0, 0.1) is 5.92 Å². The van der Waals surface area contributed by atoms with Crippen LogP contribution < -0.4 is 0 Å². The van der Waals surface area contributed by atoms with Crippen molar-refractivity contribution in [1.29, 1.82) is 0 Å². The van der Waals surface area contributed by atoms with Crippen LogP contribution in [0.25, 0.3) is 0 Å². The van der Waals surface area contributed by atoms with Crippen LogP contribution in [-0.4, -0.2) is 35.0 Å². The Hall–Kier alpha value is -0.880. The van der Waals surface area contributed by atoms with E-state index in [-0.39, 0.29) is 12.5 Å². The minimum atomic E-state index is -0.901. The molecule has 19 heavy (non-hydrogen) atoms. The molecule has 0 radical (unpaired) electrons. The summed E-state index contributed by atoms with van der Waals surface area (Å²) in [7, 11) is 0. The molecule has 0 aromatic heterocycles. The molecular formula is C13H15Br2NO3. The highest BCUT2D eigenvalue weighted by Gasteiger charge is 2.20. The molecule has 1 rings (SSSR count). The molecule has 6 heteroatoms. The van der Waals surface area contributed by atoms with Gasteiger partial charge in [0.05, 0.1) is 5.92 Å². The maximum absolute atomic E-state index is 12.3. The Morgan fingerprint density at radius 1 is 1.26 bits per heavy atom. The van der Waals surface area contributed by atoms with Crippen LogP contribution in [-0.2, 0) is 4.79 Å². The Morgan fingerprint density at radius 3 is 2.21 bits per heavy atom. The van der Waals surface area contributed by atoms with Gasteiger partial charge in [0.2, 0.25) is 0 Å². The zero-order valence-corrected chi connectivity index (χ0v) is 13.9. The lowest BCUT2D eigenvalue weighted by Crippen LogP contribution is -2.36. The number of hydrogen-bond acceptors (Lipinski definition) is 2. The predicted octanol–water partition coefficient (Wildman–Crippen LogP) is 3.39. The smallest absolute Gasteiger partial charge is 0.308 e. The van der Waals surface area contributed by atoms with E-state index in [1.54, 1.807) is 19.1 Å². The average Bonchev–Trinajstić information content (AvgIpc) is 2.33. The summed E-state index contributed by atoms with van der Waals surface area (Å²) >= 11 is 6.66. The molecule has 0 aliphatic heterocycles. The van der Waals surface area contributed by atoms with E-state index in [1.807, 2.05) is 13.0 Å². The summed E-state index contributed by atoms with van der Waals surface area (Å²) in [5.74, 6) is -1.65. The number of nitrogens with zero attached hydrogens (tertiary/aromatic N) is 1. The van der Waals surface area contributed by atoms with Gasteiger partial charge >= 0.3 is 5.97 Å². The molecule has 1 atom stereocenters. The van der Waals surface area contributed by atoms with Crippen molar-refractivity contribution in [1.82, 2.24) is 4.90 Å². The van der Waals surface area contributed by atoms with E-state index < -0.39 is 11.9 Å². The average molecular weight is 393 g/mol. The summed E-state index contributed by atoms with van der Waals surface area (Å²) in [5.41, 5.74) is 0.528. The molecule has 4 nitrogen and oxygen atoms in total. The third-order valence-electron chi connectivity index (χ3n) is 2.69. The normalized spacial score (nSPS) is 12.0. The predicted molar refractivity (Wildman–Crippen MR) is 80.2 cm³/mol. The second-order valence-electron chi connectivity index (χ2n) is 4.24. The van der Waals surface area contributed by atoms with E-state index in [0.29, 0.717) is 12.1 Å². The second kappa shape index (κ2) is 7.05. The maximum Gasteiger partial charge on any atom is 0.308 e. The Kier molecular flexibility index (Phi) is 6.00. The number of carboxylic acid groups (broad SMARTS) is 1. The molecule has 104 valence electrons. The number of amides is 1. The summed E-state index contributed by atoms with van der Waals surface area (Å²) in [6, 6.07) is 5.29. The van der Waals surface area contributed by atoms with Crippen molar-refractivity contribution in [3.8, 4) is 0 Å². The first-order valence-corrected chi connectivity index (χ1v) is 7.42. The number of carboxylic acids is 1. The molecule has 0 saturated carbocycles. The number of carbonyl (C=O) groups is 2. The standard InChI is InChI=1S/C13H15Br2NO3/c1-3-16(7-8(2)13(18)19)12(17)9-4-10(14)6-11(15)5-9/h4-6,8H,3,7H2,1-2H3,(H,18,19). The SMILES string of the molecule is CCN(CC(C)C(=O)O)C(=O)c1cc(Br)cc(Br)c1. The van der Waals surface area contributed by atoms with Gasteiger partial charge in [-0.1, -0.05) is 38.8 Å². The highest BCUT2D eigenvalue weighted by molar-refractivity contribution is 9.11. The molecule has 1 aromatic rings. The molecule has 0 bridgehead atoms. The van der Waals surface area contributed by atoms with E-state index in [0.717, 1.165) is 8.95 Å². The molecule has 0 spiro atoms. The molecule has 0 heterocycles. The van der Waals surface area contributed by atoms with Gasteiger partial charge in [0, 0.05) is 27.6 Å². The van der Waals surface area contributed by atoms with E-state index in [2.05, 4.69) is 31.9 Å². The number of aliphatic carboxylic acids is 1. The van der Waals surface area contributed by atoms with Crippen molar-refractivity contribution in [2.75, 3.05) is 13.1 Å². The molecule has 1 aromatic carbocycles. The third kappa shape index (κ3) is 4.62. The molecule has 1 N–H and O–H groups in total. The van der Waals surface area contributed by atoms with Crippen LogP contribution in [0.5, 0.6) is 0 Å².